The van der Waals surface area contributed by atoms with Crippen molar-refractivity contribution in [2.45, 2.75) is 37.6 Å². The van der Waals surface area contributed by atoms with Crippen molar-refractivity contribution in [3.63, 3.8) is 0 Å². The number of rotatable bonds is 7. The quantitative estimate of drug-likeness (QED) is 0.800. The summed E-state index contributed by atoms with van der Waals surface area (Å²) < 4.78 is 5.22. The molecular weight excluding hydrogens is 222 g/mol. The van der Waals surface area contributed by atoms with E-state index in [4.69, 9.17) is 4.74 Å². The van der Waals surface area contributed by atoms with Crippen LogP contribution in [0.15, 0.2) is 30.3 Å². The molecule has 0 bridgehead atoms. The fourth-order valence-electron chi connectivity index (χ4n) is 3.26. The minimum absolute atomic E-state index is 0.364. The number of nitrogens with one attached hydrogen (secondary N) is 1. The van der Waals surface area contributed by atoms with Gasteiger partial charge in [0.1, 0.15) is 0 Å². The van der Waals surface area contributed by atoms with Gasteiger partial charge in [0.25, 0.3) is 0 Å². The zero-order valence-corrected chi connectivity index (χ0v) is 11.8. The molecule has 0 saturated heterocycles. The highest BCUT2D eigenvalue weighted by atomic mass is 16.5. The first-order chi connectivity index (χ1) is 8.74. The first-order valence-corrected chi connectivity index (χ1v) is 6.96. The molecule has 2 rings (SSSR count). The van der Waals surface area contributed by atoms with Crippen molar-refractivity contribution in [1.82, 2.24) is 5.32 Å². The molecule has 18 heavy (non-hydrogen) atoms. The van der Waals surface area contributed by atoms with Crippen molar-refractivity contribution >= 4 is 0 Å². The molecule has 0 amide bonds. The maximum atomic E-state index is 5.22. The van der Waals surface area contributed by atoms with E-state index in [2.05, 4.69) is 49.6 Å². The van der Waals surface area contributed by atoms with Crippen LogP contribution in [0.3, 0.4) is 0 Å². The molecule has 0 aromatic heterocycles. The SMILES string of the molecule is CNC(C(C)CCOC)C1(c2ccccc2)CC1. The molecule has 100 valence electrons. The van der Waals surface area contributed by atoms with Crippen LogP contribution in [0.1, 0.15) is 31.7 Å². The third kappa shape index (κ3) is 2.60. The summed E-state index contributed by atoms with van der Waals surface area (Å²) in [4.78, 5) is 0. The molecule has 1 aliphatic carbocycles. The number of likely N-dealkylation sites (N-methyl/N-ethyl adjacent to an activating group) is 1. The number of ether oxygens (including phenoxy) is 1. The van der Waals surface area contributed by atoms with Gasteiger partial charge in [-0.1, -0.05) is 37.3 Å². The normalized spacial score (nSPS) is 20.4. The molecule has 1 aromatic carbocycles. The van der Waals surface area contributed by atoms with E-state index >= 15 is 0 Å². The van der Waals surface area contributed by atoms with Crippen LogP contribution in [0.5, 0.6) is 0 Å². The number of hydrogen-bond donors (Lipinski definition) is 1. The van der Waals surface area contributed by atoms with Crippen molar-refractivity contribution in [2.75, 3.05) is 20.8 Å². The Labute approximate surface area is 111 Å². The van der Waals surface area contributed by atoms with Gasteiger partial charge in [-0.25, -0.2) is 0 Å². The van der Waals surface area contributed by atoms with Crippen LogP contribution in [0.4, 0.5) is 0 Å². The van der Waals surface area contributed by atoms with E-state index < -0.39 is 0 Å². The molecule has 0 spiro atoms. The second kappa shape index (κ2) is 5.85. The van der Waals surface area contributed by atoms with Gasteiger partial charge in [0.15, 0.2) is 0 Å². The Kier molecular flexibility index (Phi) is 4.41. The van der Waals surface area contributed by atoms with Crippen molar-refractivity contribution in [3.8, 4) is 0 Å². The zero-order chi connectivity index (χ0) is 13.0. The molecule has 2 unspecified atom stereocenters. The Morgan fingerprint density at radius 3 is 2.44 bits per heavy atom. The molecule has 1 saturated carbocycles. The lowest BCUT2D eigenvalue weighted by molar-refractivity contribution is 0.165. The van der Waals surface area contributed by atoms with Crippen molar-refractivity contribution in [3.05, 3.63) is 35.9 Å². The van der Waals surface area contributed by atoms with Gasteiger partial charge >= 0.3 is 0 Å². The average Bonchev–Trinajstić information content (AvgIpc) is 3.20. The summed E-state index contributed by atoms with van der Waals surface area (Å²) in [5.74, 6) is 0.637. The van der Waals surface area contributed by atoms with Crippen molar-refractivity contribution < 1.29 is 4.74 Å². The predicted molar refractivity (Wildman–Crippen MR) is 75.9 cm³/mol. The minimum atomic E-state index is 0.364. The molecule has 1 N–H and O–H groups in total. The summed E-state index contributed by atoms with van der Waals surface area (Å²) in [5, 5.41) is 3.56. The van der Waals surface area contributed by atoms with Crippen LogP contribution in [0, 0.1) is 5.92 Å². The molecule has 0 radical (unpaired) electrons. The Balaban J connectivity index is 2.12. The topological polar surface area (TPSA) is 21.3 Å². The lowest BCUT2D eigenvalue weighted by Gasteiger charge is -2.32. The highest BCUT2D eigenvalue weighted by Crippen LogP contribution is 2.52. The van der Waals surface area contributed by atoms with Gasteiger partial charge in [-0.3, -0.25) is 0 Å². The number of benzene rings is 1. The van der Waals surface area contributed by atoms with Crippen LogP contribution in [-0.4, -0.2) is 26.8 Å². The monoisotopic (exact) mass is 247 g/mol. The van der Waals surface area contributed by atoms with E-state index in [1.807, 2.05) is 0 Å². The van der Waals surface area contributed by atoms with Gasteiger partial charge in [0, 0.05) is 25.2 Å². The fraction of sp³-hybridized carbons (Fsp3) is 0.625. The summed E-state index contributed by atoms with van der Waals surface area (Å²) in [6.45, 7) is 3.19. The summed E-state index contributed by atoms with van der Waals surface area (Å²) in [5.41, 5.74) is 1.86. The van der Waals surface area contributed by atoms with Crippen LogP contribution in [-0.2, 0) is 10.2 Å². The third-order valence-corrected chi connectivity index (χ3v) is 4.39. The minimum Gasteiger partial charge on any atom is -0.385 e. The highest BCUT2D eigenvalue weighted by Gasteiger charge is 2.51. The highest BCUT2D eigenvalue weighted by molar-refractivity contribution is 5.34. The summed E-state index contributed by atoms with van der Waals surface area (Å²) in [6, 6.07) is 11.5. The zero-order valence-electron chi connectivity index (χ0n) is 11.8. The summed E-state index contributed by atoms with van der Waals surface area (Å²) >= 11 is 0. The maximum absolute atomic E-state index is 5.22. The van der Waals surface area contributed by atoms with E-state index in [1.54, 1.807) is 7.11 Å². The standard InChI is InChI=1S/C16H25NO/c1-13(9-12-18-3)15(17-2)16(10-11-16)14-7-5-4-6-8-14/h4-8,13,15,17H,9-12H2,1-3H3. The van der Waals surface area contributed by atoms with E-state index in [0.717, 1.165) is 13.0 Å². The lowest BCUT2D eigenvalue weighted by Crippen LogP contribution is -2.43. The maximum Gasteiger partial charge on any atom is 0.0465 e. The molecule has 0 aliphatic heterocycles. The average molecular weight is 247 g/mol. The molecule has 1 aromatic rings. The van der Waals surface area contributed by atoms with Gasteiger partial charge in [-0.2, -0.15) is 0 Å². The van der Waals surface area contributed by atoms with Gasteiger partial charge < -0.3 is 10.1 Å². The van der Waals surface area contributed by atoms with Crippen molar-refractivity contribution in [1.29, 1.82) is 0 Å². The van der Waals surface area contributed by atoms with Crippen molar-refractivity contribution in [2.24, 2.45) is 5.92 Å². The number of hydrogen-bond acceptors (Lipinski definition) is 2. The Hall–Kier alpha value is -0.860. The van der Waals surface area contributed by atoms with Gasteiger partial charge in [0.2, 0.25) is 0 Å². The lowest BCUT2D eigenvalue weighted by atomic mass is 9.80. The van der Waals surface area contributed by atoms with Gasteiger partial charge in [-0.05, 0) is 37.8 Å². The molecule has 1 fully saturated rings. The van der Waals surface area contributed by atoms with Crippen LogP contribution >= 0.6 is 0 Å². The Morgan fingerprint density at radius 2 is 1.94 bits per heavy atom. The van der Waals surface area contributed by atoms with Gasteiger partial charge in [-0.15, -0.1) is 0 Å². The first-order valence-electron chi connectivity index (χ1n) is 6.96. The summed E-state index contributed by atoms with van der Waals surface area (Å²) in [6.07, 6.45) is 3.73. The molecule has 2 nitrogen and oxygen atoms in total. The molecular formula is C16H25NO. The Morgan fingerprint density at radius 1 is 1.28 bits per heavy atom. The molecule has 2 atom stereocenters. The third-order valence-electron chi connectivity index (χ3n) is 4.39. The van der Waals surface area contributed by atoms with Crippen LogP contribution in [0.25, 0.3) is 0 Å². The molecule has 1 aliphatic rings. The van der Waals surface area contributed by atoms with E-state index in [0.29, 0.717) is 17.4 Å². The fourth-order valence-corrected chi connectivity index (χ4v) is 3.26. The predicted octanol–water partition coefficient (Wildman–Crippen LogP) is 2.98. The summed E-state index contributed by atoms with van der Waals surface area (Å²) in [7, 11) is 3.88. The van der Waals surface area contributed by atoms with E-state index in [1.165, 1.54) is 18.4 Å². The molecule has 2 heteroatoms. The van der Waals surface area contributed by atoms with E-state index in [-0.39, 0.29) is 0 Å². The second-order valence-corrected chi connectivity index (χ2v) is 5.55. The number of methoxy groups -OCH3 is 1. The Bertz CT molecular complexity index is 359. The first kappa shape index (κ1) is 13.6. The second-order valence-electron chi connectivity index (χ2n) is 5.55. The van der Waals surface area contributed by atoms with Crippen LogP contribution < -0.4 is 5.32 Å². The van der Waals surface area contributed by atoms with Gasteiger partial charge in [0.05, 0.1) is 0 Å². The van der Waals surface area contributed by atoms with E-state index in [9.17, 15) is 0 Å². The molecule has 0 heterocycles. The van der Waals surface area contributed by atoms with Crippen LogP contribution in [0.2, 0.25) is 0 Å². The smallest absolute Gasteiger partial charge is 0.0465 e. The largest absolute Gasteiger partial charge is 0.385 e.